The van der Waals surface area contributed by atoms with E-state index in [4.69, 9.17) is 9.47 Å². The average molecular weight is 372 g/mol. The molecule has 1 aliphatic heterocycles. The monoisotopic (exact) mass is 372 g/mol. The first kappa shape index (κ1) is 18.8. The molecule has 0 aromatic carbocycles. The van der Waals surface area contributed by atoms with Gasteiger partial charge in [0.25, 0.3) is 12.5 Å². The van der Waals surface area contributed by atoms with Gasteiger partial charge >= 0.3 is 12.1 Å². The van der Waals surface area contributed by atoms with E-state index >= 15 is 0 Å². The fourth-order valence-corrected chi connectivity index (χ4v) is 4.17. The van der Waals surface area contributed by atoms with E-state index in [0.717, 1.165) is 19.3 Å². The molecule has 25 heavy (non-hydrogen) atoms. The third kappa shape index (κ3) is 4.24. The lowest BCUT2D eigenvalue weighted by molar-refractivity contribution is -0.251. The summed E-state index contributed by atoms with van der Waals surface area (Å²) in [5.41, 5.74) is 0. The Morgan fingerprint density at radius 1 is 1.08 bits per heavy atom. The number of fused-ring (bicyclic) bond motifs is 2. The standard InChI is InChI=1S/C16H21F5O4/c17-14(18)13(16(19,20)21)25-15(22)10-6-9-5-8(10)7-11(9)24-12-3-1-2-4-23-12/h8-14H,1-7H2. The molecule has 6 atom stereocenters. The summed E-state index contributed by atoms with van der Waals surface area (Å²) in [5, 5.41) is 0. The fourth-order valence-electron chi connectivity index (χ4n) is 4.17. The molecule has 0 amide bonds. The molecule has 144 valence electrons. The van der Waals surface area contributed by atoms with E-state index < -0.39 is 30.6 Å². The van der Waals surface area contributed by atoms with E-state index in [-0.39, 0.29) is 24.2 Å². The molecule has 0 N–H and O–H groups in total. The van der Waals surface area contributed by atoms with Crippen LogP contribution in [0.15, 0.2) is 0 Å². The van der Waals surface area contributed by atoms with Crippen molar-refractivity contribution in [3.8, 4) is 0 Å². The van der Waals surface area contributed by atoms with Crippen molar-refractivity contribution in [2.24, 2.45) is 17.8 Å². The van der Waals surface area contributed by atoms with Crippen molar-refractivity contribution in [3.05, 3.63) is 0 Å². The molecule has 1 heterocycles. The van der Waals surface area contributed by atoms with Crippen LogP contribution in [0.5, 0.6) is 0 Å². The lowest BCUT2D eigenvalue weighted by Crippen LogP contribution is -2.42. The Morgan fingerprint density at radius 2 is 1.84 bits per heavy atom. The van der Waals surface area contributed by atoms with Gasteiger partial charge in [-0.3, -0.25) is 4.79 Å². The highest BCUT2D eigenvalue weighted by Crippen LogP contribution is 2.51. The molecule has 4 nitrogen and oxygen atoms in total. The minimum absolute atomic E-state index is 0.0314. The van der Waals surface area contributed by atoms with Crippen molar-refractivity contribution in [1.29, 1.82) is 0 Å². The van der Waals surface area contributed by atoms with E-state index in [2.05, 4.69) is 4.74 Å². The van der Waals surface area contributed by atoms with Gasteiger partial charge in [-0.05, 0) is 50.4 Å². The number of rotatable bonds is 5. The lowest BCUT2D eigenvalue weighted by atomic mass is 9.87. The average Bonchev–Trinajstić information content (AvgIpc) is 3.12. The first-order chi connectivity index (χ1) is 11.8. The Morgan fingerprint density at radius 3 is 2.36 bits per heavy atom. The number of hydrogen-bond acceptors (Lipinski definition) is 4. The summed E-state index contributed by atoms with van der Waals surface area (Å²) in [6, 6.07) is 0. The zero-order chi connectivity index (χ0) is 18.2. The van der Waals surface area contributed by atoms with E-state index in [9.17, 15) is 26.7 Å². The molecule has 1 saturated heterocycles. The Bertz CT molecular complexity index is 478. The Balaban J connectivity index is 1.52. The van der Waals surface area contributed by atoms with E-state index in [1.54, 1.807) is 0 Å². The molecular weight excluding hydrogens is 351 g/mol. The van der Waals surface area contributed by atoms with Crippen LogP contribution < -0.4 is 0 Å². The second kappa shape index (κ2) is 7.34. The predicted molar refractivity (Wildman–Crippen MR) is 74.7 cm³/mol. The van der Waals surface area contributed by atoms with Crippen LogP contribution in [-0.4, -0.2) is 43.7 Å². The Kier molecular flexibility index (Phi) is 5.53. The molecule has 9 heteroatoms. The van der Waals surface area contributed by atoms with Crippen LogP contribution in [0, 0.1) is 17.8 Å². The molecular formula is C16H21F5O4. The minimum Gasteiger partial charge on any atom is -0.446 e. The van der Waals surface area contributed by atoms with E-state index in [0.29, 0.717) is 25.9 Å². The van der Waals surface area contributed by atoms with Gasteiger partial charge < -0.3 is 14.2 Å². The molecule has 3 aliphatic rings. The lowest BCUT2D eigenvalue weighted by Gasteiger charge is -2.32. The van der Waals surface area contributed by atoms with E-state index in [1.165, 1.54) is 0 Å². The zero-order valence-electron chi connectivity index (χ0n) is 13.5. The van der Waals surface area contributed by atoms with Gasteiger partial charge in [-0.2, -0.15) is 13.2 Å². The number of hydrogen-bond donors (Lipinski definition) is 0. The molecule has 0 aromatic rings. The minimum atomic E-state index is -5.27. The third-order valence-electron chi connectivity index (χ3n) is 5.35. The van der Waals surface area contributed by atoms with Gasteiger partial charge in [0.1, 0.15) is 0 Å². The maximum Gasteiger partial charge on any atom is 0.431 e. The maximum absolute atomic E-state index is 12.5. The summed E-state index contributed by atoms with van der Waals surface area (Å²) < 4.78 is 78.2. The first-order valence-corrected chi connectivity index (χ1v) is 8.58. The number of carbonyl (C=O) groups is 1. The molecule has 6 unspecified atom stereocenters. The van der Waals surface area contributed by atoms with Gasteiger partial charge in [0.2, 0.25) is 0 Å². The molecule has 0 spiro atoms. The van der Waals surface area contributed by atoms with Crippen molar-refractivity contribution in [1.82, 2.24) is 0 Å². The fraction of sp³-hybridized carbons (Fsp3) is 0.938. The number of ether oxygens (including phenoxy) is 3. The van der Waals surface area contributed by atoms with Crippen LogP contribution in [0.4, 0.5) is 22.0 Å². The quantitative estimate of drug-likeness (QED) is 0.546. The van der Waals surface area contributed by atoms with Crippen molar-refractivity contribution in [3.63, 3.8) is 0 Å². The summed E-state index contributed by atoms with van der Waals surface area (Å²) in [5.74, 6) is -2.09. The zero-order valence-corrected chi connectivity index (χ0v) is 13.5. The Labute approximate surface area is 142 Å². The summed E-state index contributed by atoms with van der Waals surface area (Å²) in [6.07, 6.45) is -8.48. The molecule has 2 bridgehead atoms. The van der Waals surface area contributed by atoms with Gasteiger partial charge in [0.05, 0.1) is 12.0 Å². The number of halogens is 5. The maximum atomic E-state index is 12.5. The van der Waals surface area contributed by atoms with Crippen LogP contribution in [-0.2, 0) is 19.0 Å². The van der Waals surface area contributed by atoms with Crippen molar-refractivity contribution >= 4 is 5.97 Å². The number of esters is 1. The van der Waals surface area contributed by atoms with Gasteiger partial charge in [0.15, 0.2) is 6.29 Å². The van der Waals surface area contributed by atoms with Crippen LogP contribution >= 0.6 is 0 Å². The SMILES string of the molecule is O=C(OC(C(F)F)C(F)(F)F)C1CC2CC1CC2OC1CCCCO1. The molecule has 2 aliphatic carbocycles. The van der Waals surface area contributed by atoms with Gasteiger partial charge in [0, 0.05) is 6.61 Å². The second-order valence-corrected chi connectivity index (χ2v) is 7.04. The number of carbonyl (C=O) groups excluding carboxylic acids is 1. The first-order valence-electron chi connectivity index (χ1n) is 8.58. The highest BCUT2D eigenvalue weighted by molar-refractivity contribution is 5.73. The molecule has 0 radical (unpaired) electrons. The van der Waals surface area contributed by atoms with Crippen molar-refractivity contribution < 1.29 is 41.0 Å². The van der Waals surface area contributed by atoms with Crippen LogP contribution in [0.25, 0.3) is 0 Å². The van der Waals surface area contributed by atoms with Gasteiger partial charge in [-0.15, -0.1) is 0 Å². The Hall–Kier alpha value is -0.960. The van der Waals surface area contributed by atoms with Crippen molar-refractivity contribution in [2.75, 3.05) is 6.61 Å². The summed E-state index contributed by atoms with van der Waals surface area (Å²) in [7, 11) is 0. The molecule has 3 fully saturated rings. The van der Waals surface area contributed by atoms with Crippen LogP contribution in [0.2, 0.25) is 0 Å². The largest absolute Gasteiger partial charge is 0.446 e. The van der Waals surface area contributed by atoms with Gasteiger partial charge in [-0.25, -0.2) is 8.78 Å². The summed E-state index contributed by atoms with van der Waals surface area (Å²) in [4.78, 5) is 12.0. The van der Waals surface area contributed by atoms with Crippen LogP contribution in [0.3, 0.4) is 0 Å². The number of alkyl halides is 5. The van der Waals surface area contributed by atoms with Crippen LogP contribution in [0.1, 0.15) is 38.5 Å². The van der Waals surface area contributed by atoms with Gasteiger partial charge in [-0.1, -0.05) is 0 Å². The van der Waals surface area contributed by atoms with E-state index in [1.807, 2.05) is 0 Å². The summed E-state index contributed by atoms with van der Waals surface area (Å²) in [6.45, 7) is 0.646. The second-order valence-electron chi connectivity index (χ2n) is 7.04. The normalized spacial score (nSPS) is 36.6. The topological polar surface area (TPSA) is 44.8 Å². The molecule has 2 saturated carbocycles. The smallest absolute Gasteiger partial charge is 0.431 e. The molecule has 0 aromatic heterocycles. The van der Waals surface area contributed by atoms with Crippen molar-refractivity contribution in [2.45, 2.75) is 69.6 Å². The third-order valence-corrected chi connectivity index (χ3v) is 5.35. The predicted octanol–water partition coefficient (Wildman–Crippen LogP) is 3.68. The molecule has 3 rings (SSSR count). The summed E-state index contributed by atoms with van der Waals surface area (Å²) >= 11 is 0. The highest BCUT2D eigenvalue weighted by Gasteiger charge is 2.54. The highest BCUT2D eigenvalue weighted by atomic mass is 19.4.